The largest absolute Gasteiger partial charge is 0.497 e. The molecule has 0 saturated heterocycles. The monoisotopic (exact) mass is 301 g/mol. The maximum Gasteiger partial charge on any atom is 0.121 e. The Labute approximate surface area is 133 Å². The molecule has 4 heteroatoms. The Morgan fingerprint density at radius 1 is 1.27 bits per heavy atom. The second-order valence-electron chi connectivity index (χ2n) is 6.13. The zero-order chi connectivity index (χ0) is 16.1. The lowest BCUT2D eigenvalue weighted by Crippen LogP contribution is -2.32. The molecule has 1 atom stereocenters. The van der Waals surface area contributed by atoms with Gasteiger partial charge in [0, 0.05) is 36.3 Å². The summed E-state index contributed by atoms with van der Waals surface area (Å²) in [7, 11) is 1.71. The van der Waals surface area contributed by atoms with Gasteiger partial charge in [0.25, 0.3) is 0 Å². The first-order valence-corrected chi connectivity index (χ1v) is 7.98. The second kappa shape index (κ2) is 7.45. The third-order valence-corrected chi connectivity index (χ3v) is 3.89. The van der Waals surface area contributed by atoms with E-state index in [1.165, 1.54) is 0 Å². The van der Waals surface area contributed by atoms with Gasteiger partial charge in [0.15, 0.2) is 0 Å². The van der Waals surface area contributed by atoms with E-state index in [2.05, 4.69) is 42.8 Å². The molecule has 1 aromatic carbocycles. The highest BCUT2D eigenvalue weighted by molar-refractivity contribution is 5.92. The van der Waals surface area contributed by atoms with E-state index in [1.807, 2.05) is 18.3 Å². The van der Waals surface area contributed by atoms with Crippen molar-refractivity contribution in [1.82, 2.24) is 4.98 Å². The highest BCUT2D eigenvalue weighted by Gasteiger charge is 2.16. The Kier molecular flexibility index (Phi) is 5.61. The van der Waals surface area contributed by atoms with Gasteiger partial charge in [0.1, 0.15) is 5.75 Å². The van der Waals surface area contributed by atoms with Crippen molar-refractivity contribution >= 4 is 16.6 Å². The molecule has 4 nitrogen and oxygen atoms in total. The van der Waals surface area contributed by atoms with Crippen molar-refractivity contribution in [2.45, 2.75) is 45.7 Å². The summed E-state index contributed by atoms with van der Waals surface area (Å²) in [5.41, 5.74) is 8.04. The third-order valence-electron chi connectivity index (χ3n) is 3.89. The van der Waals surface area contributed by atoms with Crippen LogP contribution < -0.4 is 15.4 Å². The lowest BCUT2D eigenvalue weighted by atomic mass is 10.1. The number of anilines is 1. The maximum absolute atomic E-state index is 5.88. The second-order valence-corrected chi connectivity index (χ2v) is 6.13. The zero-order valence-electron chi connectivity index (χ0n) is 14.0. The summed E-state index contributed by atoms with van der Waals surface area (Å²) >= 11 is 0. The molecule has 2 aromatic rings. The first-order valence-electron chi connectivity index (χ1n) is 7.98. The fourth-order valence-electron chi connectivity index (χ4n) is 2.72. The molecule has 0 radical (unpaired) electrons. The quantitative estimate of drug-likeness (QED) is 0.849. The molecular weight excluding hydrogens is 274 g/mol. The Hall–Kier alpha value is -1.81. The van der Waals surface area contributed by atoms with Crippen LogP contribution in [0.5, 0.6) is 5.75 Å². The Balaban J connectivity index is 2.39. The summed E-state index contributed by atoms with van der Waals surface area (Å²) in [6.07, 6.45) is 3.94. The van der Waals surface area contributed by atoms with E-state index < -0.39 is 0 Å². The molecule has 1 heterocycles. The van der Waals surface area contributed by atoms with Crippen LogP contribution in [-0.2, 0) is 0 Å². The first-order chi connectivity index (χ1) is 10.5. The minimum absolute atomic E-state index is 0.245. The summed E-state index contributed by atoms with van der Waals surface area (Å²) < 4.78 is 5.46. The minimum atomic E-state index is 0.245. The van der Waals surface area contributed by atoms with Crippen molar-refractivity contribution in [3.63, 3.8) is 0 Å². The molecule has 0 aliphatic carbocycles. The van der Waals surface area contributed by atoms with Crippen LogP contribution in [0, 0.1) is 0 Å². The predicted octanol–water partition coefficient (Wildman–Crippen LogP) is 3.59. The molecule has 0 aliphatic rings. The van der Waals surface area contributed by atoms with Gasteiger partial charge >= 0.3 is 0 Å². The van der Waals surface area contributed by atoms with Crippen LogP contribution in [0.15, 0.2) is 30.5 Å². The number of rotatable bonds is 7. The van der Waals surface area contributed by atoms with Crippen molar-refractivity contribution < 1.29 is 4.74 Å². The van der Waals surface area contributed by atoms with Gasteiger partial charge in [-0.05, 0) is 45.7 Å². The van der Waals surface area contributed by atoms with E-state index in [1.54, 1.807) is 7.11 Å². The fraction of sp³-hybridized carbons (Fsp3) is 0.500. The summed E-state index contributed by atoms with van der Waals surface area (Å²) in [5.74, 6) is 0.869. The van der Waals surface area contributed by atoms with E-state index in [-0.39, 0.29) is 6.04 Å². The van der Waals surface area contributed by atoms with Crippen molar-refractivity contribution in [2.75, 3.05) is 18.6 Å². The van der Waals surface area contributed by atoms with Gasteiger partial charge in [-0.2, -0.15) is 0 Å². The van der Waals surface area contributed by atoms with Crippen LogP contribution in [-0.4, -0.2) is 30.7 Å². The minimum Gasteiger partial charge on any atom is -0.497 e. The molecule has 0 spiro atoms. The molecule has 2 N–H and O–H groups in total. The molecular formula is C18H27N3O. The van der Waals surface area contributed by atoms with Gasteiger partial charge in [-0.3, -0.25) is 4.98 Å². The molecule has 120 valence electrons. The molecule has 0 fully saturated rings. The maximum atomic E-state index is 5.88. The van der Waals surface area contributed by atoms with Gasteiger partial charge in [-0.25, -0.2) is 0 Å². The Morgan fingerprint density at radius 2 is 2.05 bits per heavy atom. The summed E-state index contributed by atoms with van der Waals surface area (Å²) in [6, 6.07) is 8.79. The van der Waals surface area contributed by atoms with Crippen molar-refractivity contribution in [3.05, 3.63) is 30.5 Å². The SMILES string of the molecule is COc1cc(N(CCCC(C)N)C(C)C)c2ncccc2c1. The normalized spacial score (nSPS) is 12.6. The van der Waals surface area contributed by atoms with E-state index in [0.717, 1.165) is 41.7 Å². The number of methoxy groups -OCH3 is 1. The lowest BCUT2D eigenvalue weighted by molar-refractivity contribution is 0.415. The van der Waals surface area contributed by atoms with E-state index in [0.29, 0.717) is 6.04 Å². The molecule has 1 aromatic heterocycles. The summed E-state index contributed by atoms with van der Waals surface area (Å²) in [4.78, 5) is 6.97. The highest BCUT2D eigenvalue weighted by Crippen LogP contribution is 2.31. The molecule has 0 amide bonds. The number of hydrogen-bond donors (Lipinski definition) is 1. The molecule has 0 bridgehead atoms. The molecule has 22 heavy (non-hydrogen) atoms. The number of fused-ring (bicyclic) bond motifs is 1. The molecule has 0 aliphatic heterocycles. The first kappa shape index (κ1) is 16.6. The van der Waals surface area contributed by atoms with Crippen molar-refractivity contribution in [3.8, 4) is 5.75 Å². The average molecular weight is 301 g/mol. The number of hydrogen-bond acceptors (Lipinski definition) is 4. The molecule has 2 rings (SSSR count). The fourth-order valence-corrected chi connectivity index (χ4v) is 2.72. The topological polar surface area (TPSA) is 51.4 Å². The lowest BCUT2D eigenvalue weighted by Gasteiger charge is -2.30. The highest BCUT2D eigenvalue weighted by atomic mass is 16.5. The number of ether oxygens (including phenoxy) is 1. The van der Waals surface area contributed by atoms with Gasteiger partial charge < -0.3 is 15.4 Å². The number of pyridine rings is 1. The third kappa shape index (κ3) is 3.89. The van der Waals surface area contributed by atoms with Crippen LogP contribution in [0.1, 0.15) is 33.6 Å². The van der Waals surface area contributed by atoms with Crippen LogP contribution in [0.25, 0.3) is 10.9 Å². The van der Waals surface area contributed by atoms with E-state index in [9.17, 15) is 0 Å². The number of benzene rings is 1. The van der Waals surface area contributed by atoms with Gasteiger partial charge in [-0.1, -0.05) is 6.07 Å². The number of nitrogens with zero attached hydrogens (tertiary/aromatic N) is 2. The van der Waals surface area contributed by atoms with E-state index in [4.69, 9.17) is 10.5 Å². The van der Waals surface area contributed by atoms with Crippen molar-refractivity contribution in [2.24, 2.45) is 5.73 Å². The number of nitrogens with two attached hydrogens (primary N) is 1. The number of aromatic nitrogens is 1. The predicted molar refractivity (Wildman–Crippen MR) is 93.7 cm³/mol. The Bertz CT molecular complexity index is 610. The van der Waals surface area contributed by atoms with Crippen molar-refractivity contribution in [1.29, 1.82) is 0 Å². The standard InChI is InChI=1S/C18H27N3O/c1-13(2)21(10-6-7-14(3)19)17-12-16(22-4)11-15-8-5-9-20-18(15)17/h5,8-9,11-14H,6-7,10,19H2,1-4H3. The average Bonchev–Trinajstić information content (AvgIpc) is 2.50. The molecule has 0 saturated carbocycles. The van der Waals surface area contributed by atoms with Gasteiger partial charge in [0.2, 0.25) is 0 Å². The van der Waals surface area contributed by atoms with Crippen LogP contribution >= 0.6 is 0 Å². The Morgan fingerprint density at radius 3 is 2.68 bits per heavy atom. The zero-order valence-corrected chi connectivity index (χ0v) is 14.0. The van der Waals surface area contributed by atoms with Crippen LogP contribution in [0.2, 0.25) is 0 Å². The van der Waals surface area contributed by atoms with Crippen LogP contribution in [0.4, 0.5) is 5.69 Å². The smallest absolute Gasteiger partial charge is 0.121 e. The van der Waals surface area contributed by atoms with Gasteiger partial charge in [0.05, 0.1) is 18.3 Å². The molecule has 1 unspecified atom stereocenters. The summed E-state index contributed by atoms with van der Waals surface area (Å²) in [5, 5.41) is 1.11. The summed E-state index contributed by atoms with van der Waals surface area (Å²) in [6.45, 7) is 7.44. The van der Waals surface area contributed by atoms with E-state index >= 15 is 0 Å². The van der Waals surface area contributed by atoms with Crippen LogP contribution in [0.3, 0.4) is 0 Å². The van der Waals surface area contributed by atoms with Gasteiger partial charge in [-0.15, -0.1) is 0 Å².